The lowest BCUT2D eigenvalue weighted by atomic mass is 10.2. The van der Waals surface area contributed by atoms with Gasteiger partial charge < -0.3 is 10.1 Å². The average Bonchev–Trinajstić information content (AvgIpc) is 2.94. The van der Waals surface area contributed by atoms with E-state index in [2.05, 4.69) is 15.4 Å². The molecule has 0 radical (unpaired) electrons. The summed E-state index contributed by atoms with van der Waals surface area (Å²) in [5, 5.41) is 17.9. The lowest BCUT2D eigenvalue weighted by molar-refractivity contribution is -0.384. The summed E-state index contributed by atoms with van der Waals surface area (Å²) in [6.07, 6.45) is 3.07. The Bertz CT molecular complexity index is 969. The molecular weight excluding hydrogens is 338 g/mol. The smallest absolute Gasteiger partial charge is 0.275 e. The van der Waals surface area contributed by atoms with E-state index in [-0.39, 0.29) is 17.1 Å². The minimum absolute atomic E-state index is 0.206. The molecule has 1 amide bonds. The molecule has 0 saturated carbocycles. The third kappa shape index (κ3) is 3.83. The van der Waals surface area contributed by atoms with Gasteiger partial charge in [-0.2, -0.15) is 5.10 Å². The van der Waals surface area contributed by atoms with Gasteiger partial charge in [0.15, 0.2) is 0 Å². The van der Waals surface area contributed by atoms with Gasteiger partial charge in [-0.05, 0) is 25.1 Å². The van der Waals surface area contributed by atoms with E-state index >= 15 is 0 Å². The van der Waals surface area contributed by atoms with Crippen LogP contribution >= 0.6 is 0 Å². The topological polar surface area (TPSA) is 112 Å². The van der Waals surface area contributed by atoms with Crippen molar-refractivity contribution in [3.8, 4) is 11.5 Å². The number of aromatic nitrogens is 3. The number of nitro benzene ring substituents is 1. The first-order valence-corrected chi connectivity index (χ1v) is 7.62. The number of rotatable bonds is 5. The fourth-order valence-electron chi connectivity index (χ4n) is 2.38. The van der Waals surface area contributed by atoms with Gasteiger partial charge in [-0.3, -0.25) is 24.6 Å². The Labute approximate surface area is 148 Å². The van der Waals surface area contributed by atoms with Gasteiger partial charge in [0.2, 0.25) is 0 Å². The second-order valence-corrected chi connectivity index (χ2v) is 5.51. The number of anilines is 1. The highest BCUT2D eigenvalue weighted by Crippen LogP contribution is 2.29. The molecule has 0 fully saturated rings. The van der Waals surface area contributed by atoms with Crippen LogP contribution in [0.5, 0.6) is 11.5 Å². The first-order chi connectivity index (χ1) is 12.4. The van der Waals surface area contributed by atoms with Crippen molar-refractivity contribution in [3.63, 3.8) is 0 Å². The standard InChI is InChI=1S/C17H15N5O4/c1-11-6-16(21(2)20-11)17(23)19-12-7-13(22(24)25)9-15(8-12)26-14-4-3-5-18-10-14/h3-10H,1-2H3,(H,19,23). The normalized spacial score (nSPS) is 10.4. The molecule has 0 aliphatic heterocycles. The van der Waals surface area contributed by atoms with Crippen molar-refractivity contribution >= 4 is 17.3 Å². The van der Waals surface area contributed by atoms with E-state index in [0.29, 0.717) is 17.1 Å². The third-order valence-corrected chi connectivity index (χ3v) is 3.46. The van der Waals surface area contributed by atoms with Crippen molar-refractivity contribution in [3.05, 3.63) is 70.3 Å². The zero-order chi connectivity index (χ0) is 18.7. The molecule has 2 heterocycles. The van der Waals surface area contributed by atoms with Crippen LogP contribution in [0.2, 0.25) is 0 Å². The molecule has 0 aliphatic carbocycles. The van der Waals surface area contributed by atoms with Gasteiger partial charge in [0.25, 0.3) is 11.6 Å². The zero-order valence-corrected chi connectivity index (χ0v) is 14.0. The van der Waals surface area contributed by atoms with E-state index in [1.807, 2.05) is 0 Å². The minimum Gasteiger partial charge on any atom is -0.455 e. The highest BCUT2D eigenvalue weighted by Gasteiger charge is 2.16. The number of non-ortho nitro benzene ring substituents is 1. The molecule has 0 spiro atoms. The number of nitrogens with one attached hydrogen (secondary N) is 1. The molecule has 1 aromatic carbocycles. The van der Waals surface area contributed by atoms with Crippen molar-refractivity contribution in [2.24, 2.45) is 7.05 Å². The monoisotopic (exact) mass is 353 g/mol. The van der Waals surface area contributed by atoms with Gasteiger partial charge >= 0.3 is 0 Å². The zero-order valence-electron chi connectivity index (χ0n) is 14.0. The Morgan fingerprint density at radius 1 is 1.27 bits per heavy atom. The Balaban J connectivity index is 1.89. The van der Waals surface area contributed by atoms with Crippen LogP contribution in [0.25, 0.3) is 0 Å². The van der Waals surface area contributed by atoms with E-state index in [1.54, 1.807) is 38.4 Å². The van der Waals surface area contributed by atoms with E-state index in [9.17, 15) is 14.9 Å². The fraction of sp³-hybridized carbons (Fsp3) is 0.118. The second kappa shape index (κ2) is 7.01. The van der Waals surface area contributed by atoms with Crippen molar-refractivity contribution in [1.29, 1.82) is 0 Å². The van der Waals surface area contributed by atoms with Crippen LogP contribution in [0.4, 0.5) is 11.4 Å². The van der Waals surface area contributed by atoms with Gasteiger partial charge in [-0.1, -0.05) is 0 Å². The van der Waals surface area contributed by atoms with Crippen molar-refractivity contribution < 1.29 is 14.5 Å². The van der Waals surface area contributed by atoms with Crippen LogP contribution < -0.4 is 10.1 Å². The summed E-state index contributed by atoms with van der Waals surface area (Å²) in [5.41, 5.74) is 1.06. The molecule has 0 saturated heterocycles. The highest BCUT2D eigenvalue weighted by atomic mass is 16.6. The van der Waals surface area contributed by atoms with E-state index in [1.165, 1.54) is 29.1 Å². The van der Waals surface area contributed by atoms with E-state index in [0.717, 1.165) is 0 Å². The molecule has 0 unspecified atom stereocenters. The number of nitro groups is 1. The number of ether oxygens (including phenoxy) is 1. The molecule has 26 heavy (non-hydrogen) atoms. The van der Waals surface area contributed by atoms with Crippen LogP contribution in [0.1, 0.15) is 16.2 Å². The van der Waals surface area contributed by atoms with Gasteiger partial charge in [0.05, 0.1) is 28.6 Å². The molecule has 3 rings (SSSR count). The maximum absolute atomic E-state index is 12.4. The van der Waals surface area contributed by atoms with Gasteiger partial charge in [0, 0.05) is 25.4 Å². The van der Waals surface area contributed by atoms with Crippen molar-refractivity contribution in [2.75, 3.05) is 5.32 Å². The Hall–Kier alpha value is -3.75. The van der Waals surface area contributed by atoms with Gasteiger partial charge in [-0.25, -0.2) is 0 Å². The summed E-state index contributed by atoms with van der Waals surface area (Å²) in [6.45, 7) is 1.77. The van der Waals surface area contributed by atoms with E-state index < -0.39 is 10.8 Å². The van der Waals surface area contributed by atoms with Gasteiger partial charge in [-0.15, -0.1) is 0 Å². The van der Waals surface area contributed by atoms with Crippen molar-refractivity contribution in [2.45, 2.75) is 6.92 Å². The molecule has 0 aliphatic rings. The Morgan fingerprint density at radius 2 is 2.08 bits per heavy atom. The number of hydrogen-bond donors (Lipinski definition) is 1. The first kappa shape index (κ1) is 17.1. The molecule has 1 N–H and O–H groups in total. The third-order valence-electron chi connectivity index (χ3n) is 3.46. The predicted molar refractivity (Wildman–Crippen MR) is 93.3 cm³/mol. The molecule has 132 valence electrons. The number of aryl methyl sites for hydroxylation is 2. The number of benzene rings is 1. The largest absolute Gasteiger partial charge is 0.455 e. The average molecular weight is 353 g/mol. The molecule has 9 heteroatoms. The van der Waals surface area contributed by atoms with Crippen LogP contribution in [0, 0.1) is 17.0 Å². The number of carbonyl (C=O) groups is 1. The Morgan fingerprint density at radius 3 is 2.69 bits per heavy atom. The fourth-order valence-corrected chi connectivity index (χ4v) is 2.38. The maximum atomic E-state index is 12.4. The van der Waals surface area contributed by atoms with Crippen molar-refractivity contribution in [1.82, 2.24) is 14.8 Å². The summed E-state index contributed by atoms with van der Waals surface area (Å²) in [5.74, 6) is 0.206. The van der Waals surface area contributed by atoms with Crippen LogP contribution in [0.15, 0.2) is 48.8 Å². The summed E-state index contributed by atoms with van der Waals surface area (Å²) < 4.78 is 7.03. The molecule has 0 atom stereocenters. The van der Waals surface area contributed by atoms with Crippen LogP contribution in [-0.2, 0) is 7.05 Å². The number of carbonyl (C=O) groups excluding carboxylic acids is 1. The van der Waals surface area contributed by atoms with E-state index in [4.69, 9.17) is 4.74 Å². The highest BCUT2D eigenvalue weighted by molar-refractivity contribution is 6.03. The number of pyridine rings is 1. The molecule has 0 bridgehead atoms. The summed E-state index contributed by atoms with van der Waals surface area (Å²) in [4.78, 5) is 27.0. The van der Waals surface area contributed by atoms with Crippen LogP contribution in [-0.4, -0.2) is 25.6 Å². The lowest BCUT2D eigenvalue weighted by Crippen LogP contribution is -2.16. The molecular formula is C17H15N5O4. The minimum atomic E-state index is -0.556. The number of nitrogens with zero attached hydrogens (tertiary/aromatic N) is 4. The summed E-state index contributed by atoms with van der Waals surface area (Å²) in [7, 11) is 1.65. The summed E-state index contributed by atoms with van der Waals surface area (Å²) >= 11 is 0. The number of hydrogen-bond acceptors (Lipinski definition) is 6. The lowest BCUT2D eigenvalue weighted by Gasteiger charge is -2.09. The Kier molecular flexibility index (Phi) is 4.61. The summed E-state index contributed by atoms with van der Waals surface area (Å²) in [6, 6.07) is 9.01. The first-order valence-electron chi connectivity index (χ1n) is 7.62. The molecule has 3 aromatic rings. The predicted octanol–water partition coefficient (Wildman–Crippen LogP) is 3.08. The number of amides is 1. The van der Waals surface area contributed by atoms with Gasteiger partial charge in [0.1, 0.15) is 17.2 Å². The molecule has 2 aromatic heterocycles. The SMILES string of the molecule is Cc1cc(C(=O)Nc2cc(Oc3cccnc3)cc([N+](=O)[O-])c2)n(C)n1. The second-order valence-electron chi connectivity index (χ2n) is 5.51. The molecule has 9 nitrogen and oxygen atoms in total. The maximum Gasteiger partial charge on any atom is 0.275 e. The van der Waals surface area contributed by atoms with Crippen LogP contribution in [0.3, 0.4) is 0 Å². The quantitative estimate of drug-likeness (QED) is 0.557.